The minimum absolute atomic E-state index is 0. The van der Waals surface area contributed by atoms with E-state index in [1.54, 1.807) is 12.1 Å². The van der Waals surface area contributed by atoms with Crippen LogP contribution in [0.25, 0.3) is 0 Å². The van der Waals surface area contributed by atoms with E-state index in [-0.39, 0.29) is 41.5 Å². The van der Waals surface area contributed by atoms with E-state index < -0.39 is 10.0 Å². The first-order valence-electron chi connectivity index (χ1n) is 9.13. The number of methoxy groups -OCH3 is 1. The molecular formula is C20H30Cl2N2O5S. The Kier molecular flexibility index (Phi) is 12.8. The summed E-state index contributed by atoms with van der Waals surface area (Å²) in [5.74, 6) is 1.69. The number of hydrogen-bond acceptors (Lipinski definition) is 6. The van der Waals surface area contributed by atoms with Crippen molar-refractivity contribution in [2.24, 2.45) is 5.14 Å². The van der Waals surface area contributed by atoms with Gasteiger partial charge in [-0.1, -0.05) is 18.2 Å². The van der Waals surface area contributed by atoms with E-state index in [1.807, 2.05) is 44.2 Å². The highest BCUT2D eigenvalue weighted by molar-refractivity contribution is 7.89. The summed E-state index contributed by atoms with van der Waals surface area (Å²) >= 11 is 0. The topological polar surface area (TPSA) is 99.9 Å². The van der Waals surface area contributed by atoms with Crippen LogP contribution in [0.2, 0.25) is 0 Å². The number of ether oxygens (including phenoxy) is 3. The second kappa shape index (κ2) is 13.6. The number of halogens is 2. The van der Waals surface area contributed by atoms with Gasteiger partial charge in [0.25, 0.3) is 0 Å². The van der Waals surface area contributed by atoms with Crippen molar-refractivity contribution in [1.29, 1.82) is 0 Å². The van der Waals surface area contributed by atoms with Gasteiger partial charge in [0.05, 0.1) is 13.7 Å². The minimum Gasteiger partial charge on any atom is -0.495 e. The Bertz CT molecular complexity index is 881. The average molecular weight is 481 g/mol. The average Bonchev–Trinajstić information content (AvgIpc) is 2.66. The van der Waals surface area contributed by atoms with Crippen molar-refractivity contribution >= 4 is 34.8 Å². The molecule has 0 radical (unpaired) electrons. The Balaban J connectivity index is 0.00000420. The summed E-state index contributed by atoms with van der Waals surface area (Å²) in [4.78, 5) is -0.00411. The van der Waals surface area contributed by atoms with Crippen LogP contribution < -0.4 is 24.7 Å². The summed E-state index contributed by atoms with van der Waals surface area (Å²) in [6.07, 6.45) is 0.641. The smallest absolute Gasteiger partial charge is 0.241 e. The zero-order valence-electron chi connectivity index (χ0n) is 17.3. The molecule has 2 rings (SSSR count). The third-order valence-electron chi connectivity index (χ3n) is 4.08. The summed E-state index contributed by atoms with van der Waals surface area (Å²) < 4.78 is 39.9. The van der Waals surface area contributed by atoms with Gasteiger partial charge < -0.3 is 19.5 Å². The molecule has 0 heterocycles. The molecule has 0 bridgehead atoms. The quantitative estimate of drug-likeness (QED) is 0.479. The fraction of sp³-hybridized carbons (Fsp3) is 0.400. The van der Waals surface area contributed by atoms with Gasteiger partial charge in [0.1, 0.15) is 17.3 Å². The monoisotopic (exact) mass is 480 g/mol. The third-order valence-corrected chi connectivity index (χ3v) is 5.01. The van der Waals surface area contributed by atoms with E-state index in [9.17, 15) is 8.42 Å². The van der Waals surface area contributed by atoms with Crippen LogP contribution in [0.15, 0.2) is 47.4 Å². The number of sulfonamides is 1. The van der Waals surface area contributed by atoms with Crippen LogP contribution in [0.4, 0.5) is 0 Å². The predicted octanol–water partition coefficient (Wildman–Crippen LogP) is 3.18. The first-order chi connectivity index (χ1) is 13.3. The molecule has 2 aromatic rings. The van der Waals surface area contributed by atoms with Gasteiger partial charge in [-0.25, -0.2) is 13.6 Å². The number of para-hydroxylation sites is 2. The number of nitrogens with one attached hydrogen (secondary N) is 1. The number of benzene rings is 2. The van der Waals surface area contributed by atoms with Gasteiger partial charge in [0.2, 0.25) is 10.0 Å². The molecule has 0 aliphatic heterocycles. The summed E-state index contributed by atoms with van der Waals surface area (Å²) in [6.45, 7) is 5.66. The van der Waals surface area contributed by atoms with Crippen molar-refractivity contribution in [2.75, 3.05) is 26.9 Å². The second-order valence-corrected chi connectivity index (χ2v) is 7.85. The number of hydrogen-bond donors (Lipinski definition) is 2. The molecule has 7 nitrogen and oxygen atoms in total. The molecule has 170 valence electrons. The predicted molar refractivity (Wildman–Crippen MR) is 123 cm³/mol. The fourth-order valence-electron chi connectivity index (χ4n) is 2.81. The van der Waals surface area contributed by atoms with E-state index >= 15 is 0 Å². The molecule has 0 aromatic heterocycles. The maximum atomic E-state index is 11.7. The maximum absolute atomic E-state index is 11.7. The molecule has 0 saturated carbocycles. The standard InChI is InChI=1S/C20H28N2O5S.2ClH/c1-4-26-17-7-5-6-8-18(17)27-12-11-22-15(2)13-16-9-10-19(25-3)20(14-16)28(21,23)24;;/h5-10,14-15,22H,4,11-13H2,1-3H3,(H2,21,23,24);2*1H/t15-;;/m1../s1. The number of nitrogens with two attached hydrogens (primary N) is 1. The van der Waals surface area contributed by atoms with Crippen LogP contribution >= 0.6 is 24.8 Å². The minimum atomic E-state index is -3.84. The summed E-state index contributed by atoms with van der Waals surface area (Å²) in [6, 6.07) is 12.7. The van der Waals surface area contributed by atoms with Crippen LogP contribution in [0, 0.1) is 0 Å². The van der Waals surface area contributed by atoms with E-state index in [4.69, 9.17) is 19.3 Å². The first kappa shape index (κ1) is 28.3. The molecule has 0 aliphatic rings. The molecule has 2 aromatic carbocycles. The van der Waals surface area contributed by atoms with Crippen molar-refractivity contribution in [3.8, 4) is 17.2 Å². The zero-order chi connectivity index (χ0) is 20.6. The Morgan fingerprint density at radius 1 is 1.03 bits per heavy atom. The normalized spacial score (nSPS) is 11.6. The third kappa shape index (κ3) is 8.57. The van der Waals surface area contributed by atoms with Crippen LogP contribution in [0.1, 0.15) is 19.4 Å². The van der Waals surface area contributed by atoms with Crippen LogP contribution in [0.3, 0.4) is 0 Å². The van der Waals surface area contributed by atoms with Gasteiger partial charge in [-0.3, -0.25) is 0 Å². The molecule has 0 fully saturated rings. The summed E-state index contributed by atoms with van der Waals surface area (Å²) in [7, 11) is -2.43. The molecular weight excluding hydrogens is 451 g/mol. The molecule has 0 unspecified atom stereocenters. The zero-order valence-corrected chi connectivity index (χ0v) is 19.7. The van der Waals surface area contributed by atoms with Gasteiger partial charge >= 0.3 is 0 Å². The number of primary sulfonamides is 1. The van der Waals surface area contributed by atoms with Gasteiger partial charge in [0, 0.05) is 12.6 Å². The van der Waals surface area contributed by atoms with Crippen molar-refractivity contribution in [3.63, 3.8) is 0 Å². The Morgan fingerprint density at radius 3 is 2.23 bits per heavy atom. The summed E-state index contributed by atoms with van der Waals surface area (Å²) in [5, 5.41) is 8.63. The van der Waals surface area contributed by atoms with E-state index in [0.29, 0.717) is 31.9 Å². The van der Waals surface area contributed by atoms with Crippen LogP contribution in [-0.4, -0.2) is 41.3 Å². The van der Waals surface area contributed by atoms with E-state index in [1.165, 1.54) is 7.11 Å². The largest absolute Gasteiger partial charge is 0.495 e. The van der Waals surface area contributed by atoms with Crippen molar-refractivity contribution in [1.82, 2.24) is 5.32 Å². The molecule has 3 N–H and O–H groups in total. The Labute approximate surface area is 191 Å². The first-order valence-corrected chi connectivity index (χ1v) is 10.7. The van der Waals surface area contributed by atoms with Gasteiger partial charge in [-0.2, -0.15) is 0 Å². The van der Waals surface area contributed by atoms with Crippen molar-refractivity contribution < 1.29 is 22.6 Å². The van der Waals surface area contributed by atoms with Gasteiger partial charge in [0.15, 0.2) is 11.5 Å². The molecule has 0 amide bonds. The lowest BCUT2D eigenvalue weighted by atomic mass is 10.1. The van der Waals surface area contributed by atoms with Crippen molar-refractivity contribution in [2.45, 2.75) is 31.2 Å². The SMILES string of the molecule is CCOc1ccccc1OCCN[C@H](C)Cc1ccc(OC)c(S(N)(=O)=O)c1.Cl.Cl. The van der Waals surface area contributed by atoms with Gasteiger partial charge in [-0.05, 0) is 50.1 Å². The van der Waals surface area contributed by atoms with Crippen molar-refractivity contribution in [3.05, 3.63) is 48.0 Å². The Hall–Kier alpha value is -1.71. The molecule has 1 atom stereocenters. The molecule has 30 heavy (non-hydrogen) atoms. The molecule has 0 aliphatic carbocycles. The molecule has 0 spiro atoms. The van der Waals surface area contributed by atoms with Crippen LogP contribution in [-0.2, 0) is 16.4 Å². The lowest BCUT2D eigenvalue weighted by Gasteiger charge is -2.16. The highest BCUT2D eigenvalue weighted by atomic mass is 35.5. The Morgan fingerprint density at radius 2 is 1.67 bits per heavy atom. The maximum Gasteiger partial charge on any atom is 0.241 e. The molecule has 0 saturated heterocycles. The van der Waals surface area contributed by atoms with Gasteiger partial charge in [-0.15, -0.1) is 24.8 Å². The summed E-state index contributed by atoms with van der Waals surface area (Å²) in [5.41, 5.74) is 0.854. The molecule has 10 heteroatoms. The fourth-order valence-corrected chi connectivity index (χ4v) is 3.55. The van der Waals surface area contributed by atoms with E-state index in [2.05, 4.69) is 5.32 Å². The van der Waals surface area contributed by atoms with Crippen LogP contribution in [0.5, 0.6) is 17.2 Å². The van der Waals surface area contributed by atoms with E-state index in [0.717, 1.165) is 11.3 Å². The highest BCUT2D eigenvalue weighted by Gasteiger charge is 2.16. The second-order valence-electron chi connectivity index (χ2n) is 6.32. The lowest BCUT2D eigenvalue weighted by molar-refractivity contribution is 0.272. The lowest BCUT2D eigenvalue weighted by Crippen LogP contribution is -2.32. The highest BCUT2D eigenvalue weighted by Crippen LogP contribution is 2.26. The number of rotatable bonds is 11.